The topological polar surface area (TPSA) is 43.4 Å². The van der Waals surface area contributed by atoms with Crippen molar-refractivity contribution in [3.63, 3.8) is 0 Å². The minimum Gasteiger partial charge on any atom is -0.497 e. The highest BCUT2D eigenvalue weighted by Gasteiger charge is 2.15. The van der Waals surface area contributed by atoms with Crippen molar-refractivity contribution in [1.29, 1.82) is 0 Å². The lowest BCUT2D eigenvalue weighted by atomic mass is 9.97. The van der Waals surface area contributed by atoms with Crippen LogP contribution in [0.4, 0.5) is 34.1 Å². The summed E-state index contributed by atoms with van der Waals surface area (Å²) in [5, 5.41) is 0. The van der Waals surface area contributed by atoms with E-state index in [1.807, 2.05) is 48.5 Å². The first-order valence-electron chi connectivity index (χ1n) is 19.8. The third-order valence-electron chi connectivity index (χ3n) is 10.5. The second kappa shape index (κ2) is 18.3. The zero-order chi connectivity index (χ0) is 41.3. The van der Waals surface area contributed by atoms with Gasteiger partial charge in [-0.2, -0.15) is 0 Å². The van der Waals surface area contributed by atoms with Crippen molar-refractivity contribution in [1.82, 2.24) is 0 Å². The van der Waals surface area contributed by atoms with Gasteiger partial charge in [0, 0.05) is 34.1 Å². The molecule has 6 nitrogen and oxygen atoms in total. The van der Waals surface area contributed by atoms with Gasteiger partial charge in [-0.05, 0) is 161 Å². The maximum atomic E-state index is 5.44. The number of ether oxygens (including phenoxy) is 4. The molecule has 0 fully saturated rings. The van der Waals surface area contributed by atoms with Crippen molar-refractivity contribution in [2.24, 2.45) is 0 Å². The van der Waals surface area contributed by atoms with Crippen LogP contribution in [0, 0.1) is 0 Å². The lowest BCUT2D eigenvalue weighted by Gasteiger charge is -2.26. The molecule has 0 amide bonds. The monoisotopic (exact) mass is 786 g/mol. The molecule has 0 aromatic heterocycles. The number of rotatable bonds is 14. The van der Waals surface area contributed by atoms with Gasteiger partial charge in [0.2, 0.25) is 0 Å². The summed E-state index contributed by atoms with van der Waals surface area (Å²) in [7, 11) is 6.73. The molecule has 8 rings (SSSR count). The molecule has 0 bridgehead atoms. The zero-order valence-corrected chi connectivity index (χ0v) is 34.2. The number of anilines is 6. The predicted octanol–water partition coefficient (Wildman–Crippen LogP) is 14.2. The van der Waals surface area contributed by atoms with E-state index in [1.165, 1.54) is 0 Å². The van der Waals surface area contributed by atoms with E-state index in [2.05, 4.69) is 168 Å². The highest BCUT2D eigenvalue weighted by Crippen LogP contribution is 2.39. The third kappa shape index (κ3) is 8.74. The smallest absolute Gasteiger partial charge is 0.119 e. The number of hydrogen-bond acceptors (Lipinski definition) is 6. The number of benzene rings is 8. The first-order valence-corrected chi connectivity index (χ1v) is 19.8. The summed E-state index contributed by atoms with van der Waals surface area (Å²) in [6.07, 6.45) is 4.39. The number of nitrogens with zero attached hydrogens (tertiary/aromatic N) is 2. The molecule has 0 spiro atoms. The first kappa shape index (κ1) is 39.1. The van der Waals surface area contributed by atoms with Gasteiger partial charge in [-0.3, -0.25) is 0 Å². The van der Waals surface area contributed by atoms with Crippen LogP contribution < -0.4 is 28.7 Å². The lowest BCUT2D eigenvalue weighted by Crippen LogP contribution is -2.09. The molecule has 6 heteroatoms. The van der Waals surface area contributed by atoms with E-state index in [4.69, 9.17) is 18.9 Å². The molecule has 0 unspecified atom stereocenters. The van der Waals surface area contributed by atoms with E-state index in [1.54, 1.807) is 28.4 Å². The largest absolute Gasteiger partial charge is 0.497 e. The Kier molecular flexibility index (Phi) is 11.9. The standard InChI is InChI=1S/C54H46N2O4/c1-57-50-30-22-46(23-31-50)55(47-24-32-51(58-2)33-25-47)44-18-14-40(15-19-44)43-10-7-8-39(38-43)12-13-41-9-5-6-11-54(41)42-16-20-45(21-17-42)56(48-26-34-52(59-3)35-27-48)49-28-36-53(60-4)37-29-49/h5-38H,1-4H3/b13-12+. The molecule has 8 aromatic carbocycles. The van der Waals surface area contributed by atoms with E-state index in [9.17, 15) is 0 Å². The summed E-state index contributed by atoms with van der Waals surface area (Å²) < 4.78 is 21.7. The van der Waals surface area contributed by atoms with Gasteiger partial charge in [0.25, 0.3) is 0 Å². The summed E-state index contributed by atoms with van der Waals surface area (Å²) >= 11 is 0. The highest BCUT2D eigenvalue weighted by atomic mass is 16.5. The average molecular weight is 787 g/mol. The van der Waals surface area contributed by atoms with Crippen LogP contribution in [-0.2, 0) is 0 Å². The molecule has 0 aliphatic rings. The minimum atomic E-state index is 0.813. The normalized spacial score (nSPS) is 10.9. The van der Waals surface area contributed by atoms with Gasteiger partial charge in [-0.15, -0.1) is 0 Å². The molecule has 0 radical (unpaired) electrons. The fraction of sp³-hybridized carbons (Fsp3) is 0.0741. The molecule has 0 aliphatic heterocycles. The molecule has 0 atom stereocenters. The van der Waals surface area contributed by atoms with Gasteiger partial charge in [0.15, 0.2) is 0 Å². The second-order valence-electron chi connectivity index (χ2n) is 14.1. The fourth-order valence-corrected chi connectivity index (χ4v) is 7.33. The maximum Gasteiger partial charge on any atom is 0.119 e. The molecule has 296 valence electrons. The van der Waals surface area contributed by atoms with Gasteiger partial charge >= 0.3 is 0 Å². The van der Waals surface area contributed by atoms with Gasteiger partial charge in [0.1, 0.15) is 23.0 Å². The SMILES string of the molecule is COc1ccc(N(c2ccc(OC)cc2)c2ccc(-c3cccc(/C=C/c4ccccc4-c4ccc(N(c5ccc(OC)cc5)c5ccc(OC)cc5)cc4)c3)cc2)cc1. The van der Waals surface area contributed by atoms with Crippen LogP contribution in [0.2, 0.25) is 0 Å². The van der Waals surface area contributed by atoms with Crippen molar-refractivity contribution >= 4 is 46.3 Å². The molecule has 0 heterocycles. The Morgan fingerprint density at radius 1 is 0.317 bits per heavy atom. The summed E-state index contributed by atoms with van der Waals surface area (Å²) in [6, 6.07) is 67.1. The quantitative estimate of drug-likeness (QED) is 0.102. The summed E-state index contributed by atoms with van der Waals surface area (Å²) in [5.41, 5.74) is 13.0. The van der Waals surface area contributed by atoms with Crippen LogP contribution in [0.3, 0.4) is 0 Å². The fourth-order valence-electron chi connectivity index (χ4n) is 7.33. The Hall–Kier alpha value is -7.70. The molecule has 0 aliphatic carbocycles. The average Bonchev–Trinajstić information content (AvgIpc) is 3.32. The van der Waals surface area contributed by atoms with E-state index < -0.39 is 0 Å². The highest BCUT2D eigenvalue weighted by molar-refractivity contribution is 5.84. The Morgan fingerprint density at radius 3 is 1.08 bits per heavy atom. The Labute approximate surface area is 352 Å². The zero-order valence-electron chi connectivity index (χ0n) is 34.2. The predicted molar refractivity (Wildman–Crippen MR) is 248 cm³/mol. The molecule has 8 aromatic rings. The maximum absolute atomic E-state index is 5.44. The van der Waals surface area contributed by atoms with Gasteiger partial charge < -0.3 is 28.7 Å². The van der Waals surface area contributed by atoms with Crippen LogP contribution in [0.25, 0.3) is 34.4 Å². The Morgan fingerprint density at radius 2 is 0.683 bits per heavy atom. The lowest BCUT2D eigenvalue weighted by molar-refractivity contribution is 0.414. The van der Waals surface area contributed by atoms with Crippen molar-refractivity contribution in [3.8, 4) is 45.3 Å². The van der Waals surface area contributed by atoms with E-state index in [0.717, 1.165) is 90.5 Å². The van der Waals surface area contributed by atoms with Crippen molar-refractivity contribution in [2.75, 3.05) is 38.2 Å². The minimum absolute atomic E-state index is 0.813. The van der Waals surface area contributed by atoms with E-state index in [0.29, 0.717) is 0 Å². The van der Waals surface area contributed by atoms with E-state index >= 15 is 0 Å². The number of methoxy groups -OCH3 is 4. The number of hydrogen-bond donors (Lipinski definition) is 0. The van der Waals surface area contributed by atoms with Gasteiger partial charge in [-0.1, -0.05) is 78.9 Å². The Bertz CT molecular complexity index is 2560. The Balaban J connectivity index is 1.03. The molecular weight excluding hydrogens is 741 g/mol. The summed E-state index contributed by atoms with van der Waals surface area (Å²) in [5.74, 6) is 3.25. The molecule has 0 saturated heterocycles. The molecule has 0 saturated carbocycles. The van der Waals surface area contributed by atoms with Gasteiger partial charge in [0.05, 0.1) is 28.4 Å². The van der Waals surface area contributed by atoms with Crippen LogP contribution >= 0.6 is 0 Å². The first-order chi connectivity index (χ1) is 29.5. The molecule has 60 heavy (non-hydrogen) atoms. The van der Waals surface area contributed by atoms with Crippen molar-refractivity contribution in [3.05, 3.63) is 205 Å². The van der Waals surface area contributed by atoms with Crippen molar-refractivity contribution in [2.45, 2.75) is 0 Å². The van der Waals surface area contributed by atoms with Crippen LogP contribution in [0.15, 0.2) is 194 Å². The van der Waals surface area contributed by atoms with Crippen LogP contribution in [0.1, 0.15) is 11.1 Å². The summed E-state index contributed by atoms with van der Waals surface area (Å²) in [6.45, 7) is 0. The summed E-state index contributed by atoms with van der Waals surface area (Å²) in [4.78, 5) is 4.46. The van der Waals surface area contributed by atoms with Crippen molar-refractivity contribution < 1.29 is 18.9 Å². The second-order valence-corrected chi connectivity index (χ2v) is 14.1. The van der Waals surface area contributed by atoms with Crippen LogP contribution in [0.5, 0.6) is 23.0 Å². The van der Waals surface area contributed by atoms with Crippen LogP contribution in [-0.4, -0.2) is 28.4 Å². The molecule has 0 N–H and O–H groups in total. The third-order valence-corrected chi connectivity index (χ3v) is 10.5. The van der Waals surface area contributed by atoms with Gasteiger partial charge in [-0.25, -0.2) is 0 Å². The van der Waals surface area contributed by atoms with E-state index in [-0.39, 0.29) is 0 Å². The molecular formula is C54H46N2O4.